The lowest BCUT2D eigenvalue weighted by Crippen LogP contribution is -2.49. The summed E-state index contributed by atoms with van der Waals surface area (Å²) in [5.74, 6) is -12.1. The number of piperidine rings is 1. The first-order valence-corrected chi connectivity index (χ1v) is 15.1. The molecule has 1 aromatic carbocycles. The van der Waals surface area contributed by atoms with Gasteiger partial charge in [0, 0.05) is 19.3 Å². The maximum Gasteiger partial charge on any atom is 0.490 e. The molecule has 1 aliphatic rings. The second-order valence-electron chi connectivity index (χ2n) is 10.9. The number of nitrogens with zero attached hydrogens (tertiary/aromatic N) is 5. The van der Waals surface area contributed by atoms with E-state index in [0.29, 0.717) is 36.7 Å². The molecular formula is C30H24F15N7O8. The molecule has 1 fully saturated rings. The van der Waals surface area contributed by atoms with Crippen molar-refractivity contribution in [3.63, 3.8) is 0 Å². The van der Waals surface area contributed by atoms with Crippen LogP contribution in [0.4, 0.5) is 83.2 Å². The van der Waals surface area contributed by atoms with Crippen LogP contribution >= 0.6 is 0 Å². The van der Waals surface area contributed by atoms with Crippen LogP contribution in [0.25, 0.3) is 16.8 Å². The van der Waals surface area contributed by atoms with Crippen molar-refractivity contribution in [3.8, 4) is 11.3 Å². The standard InChI is InChI=1S/C22H20F3N7.4C2HF3O2/c23-14-7-9-31(12-17(14)26)20-6-8-27-11-19(20)29-22-28-10-13-4-5-18(30-32(13)22)21-15(24)2-1-3-16(21)25;4*3-2(4,5)1(6)7/h1-6,8,10-11,14,17H,7,9,12,26H2,(H,28,29);4*(H,6,7)/t14-,17-;;;;/m1..../s1. The van der Waals surface area contributed by atoms with E-state index < -0.39 is 72.4 Å². The van der Waals surface area contributed by atoms with Crippen LogP contribution in [0.1, 0.15) is 6.42 Å². The van der Waals surface area contributed by atoms with Gasteiger partial charge in [-0.2, -0.15) is 62.3 Å². The minimum absolute atomic E-state index is 0.136. The van der Waals surface area contributed by atoms with Crippen LogP contribution in [0.3, 0.4) is 0 Å². The molecule has 0 radical (unpaired) electrons. The predicted octanol–water partition coefficient (Wildman–Crippen LogP) is 6.22. The molecule has 7 N–H and O–H groups in total. The number of benzene rings is 1. The highest BCUT2D eigenvalue weighted by molar-refractivity contribution is 5.75. The van der Waals surface area contributed by atoms with Crippen LogP contribution in [0.5, 0.6) is 0 Å². The van der Waals surface area contributed by atoms with Crippen molar-refractivity contribution < 1.29 is 105 Å². The highest BCUT2D eigenvalue weighted by Gasteiger charge is 2.40. The molecule has 4 heterocycles. The summed E-state index contributed by atoms with van der Waals surface area (Å²) in [5.41, 5.74) is 7.92. The molecule has 30 heteroatoms. The number of aliphatic carboxylic acids is 4. The normalized spacial score (nSPS) is 15.3. The van der Waals surface area contributed by atoms with Gasteiger partial charge in [0.05, 0.1) is 46.6 Å². The van der Waals surface area contributed by atoms with E-state index in [0.717, 1.165) is 5.69 Å². The van der Waals surface area contributed by atoms with Gasteiger partial charge in [-0.05, 0) is 36.8 Å². The average molecular weight is 896 g/mol. The van der Waals surface area contributed by atoms with E-state index in [4.69, 9.17) is 45.3 Å². The number of rotatable bonds is 4. The number of fused-ring (bicyclic) bond motifs is 1. The third-order valence-electron chi connectivity index (χ3n) is 6.53. The molecule has 0 spiro atoms. The van der Waals surface area contributed by atoms with Gasteiger partial charge in [-0.25, -0.2) is 37.3 Å². The highest BCUT2D eigenvalue weighted by Crippen LogP contribution is 2.31. The molecule has 0 aliphatic carbocycles. The second kappa shape index (κ2) is 20.9. The van der Waals surface area contributed by atoms with Gasteiger partial charge in [-0.1, -0.05) is 6.07 Å². The van der Waals surface area contributed by atoms with E-state index in [1.165, 1.54) is 22.7 Å². The van der Waals surface area contributed by atoms with Gasteiger partial charge in [0.15, 0.2) is 0 Å². The molecule has 0 amide bonds. The van der Waals surface area contributed by atoms with Crippen LogP contribution in [0.2, 0.25) is 0 Å². The van der Waals surface area contributed by atoms with Crippen LogP contribution < -0.4 is 16.0 Å². The fourth-order valence-electron chi connectivity index (χ4n) is 3.90. The lowest BCUT2D eigenvalue weighted by Gasteiger charge is -2.35. The summed E-state index contributed by atoms with van der Waals surface area (Å²) in [6.45, 7) is 0.891. The summed E-state index contributed by atoms with van der Waals surface area (Å²) in [5, 5.41) is 36.1. The molecule has 3 aromatic heterocycles. The van der Waals surface area contributed by atoms with Gasteiger partial charge in [0.2, 0.25) is 5.95 Å². The Kier molecular flexibility index (Phi) is 17.9. The summed E-state index contributed by atoms with van der Waals surface area (Å²) < 4.78 is 171. The Morgan fingerprint density at radius 2 is 1.17 bits per heavy atom. The van der Waals surface area contributed by atoms with Gasteiger partial charge >= 0.3 is 48.6 Å². The van der Waals surface area contributed by atoms with Crippen LogP contribution in [-0.2, 0) is 19.2 Å². The van der Waals surface area contributed by atoms with Gasteiger partial charge in [0.1, 0.15) is 17.8 Å². The lowest BCUT2D eigenvalue weighted by atomic mass is 10.0. The molecule has 1 aliphatic heterocycles. The summed E-state index contributed by atoms with van der Waals surface area (Å²) in [4.78, 5) is 46.1. The van der Waals surface area contributed by atoms with E-state index in [2.05, 4.69) is 20.4 Å². The van der Waals surface area contributed by atoms with Crippen LogP contribution in [0, 0.1) is 11.6 Å². The monoisotopic (exact) mass is 895 g/mol. The Hall–Kier alpha value is -6.62. The smallest absolute Gasteiger partial charge is 0.475 e. The van der Waals surface area contributed by atoms with Gasteiger partial charge in [-0.3, -0.25) is 4.98 Å². The van der Waals surface area contributed by atoms with Crippen molar-refractivity contribution in [2.45, 2.75) is 43.3 Å². The molecule has 332 valence electrons. The maximum absolute atomic E-state index is 14.3. The van der Waals surface area contributed by atoms with Crippen molar-refractivity contribution >= 4 is 46.7 Å². The highest BCUT2D eigenvalue weighted by atomic mass is 19.4. The summed E-state index contributed by atoms with van der Waals surface area (Å²) >= 11 is 0. The van der Waals surface area contributed by atoms with E-state index >= 15 is 0 Å². The molecule has 1 saturated heterocycles. The van der Waals surface area contributed by atoms with E-state index in [1.807, 2.05) is 11.0 Å². The van der Waals surface area contributed by atoms with E-state index in [9.17, 15) is 65.9 Å². The number of pyridine rings is 1. The molecular weight excluding hydrogens is 871 g/mol. The third kappa shape index (κ3) is 16.3. The number of imidazole rings is 1. The number of carbonyl (C=O) groups is 4. The molecule has 0 saturated carbocycles. The second-order valence-corrected chi connectivity index (χ2v) is 10.9. The van der Waals surface area contributed by atoms with Crippen molar-refractivity contribution in [3.05, 3.63) is 66.6 Å². The molecule has 15 nitrogen and oxygen atoms in total. The molecule has 2 atom stereocenters. The number of anilines is 3. The van der Waals surface area contributed by atoms with Gasteiger partial charge < -0.3 is 36.4 Å². The number of carboxylic acids is 4. The van der Waals surface area contributed by atoms with Crippen LogP contribution in [0.15, 0.2) is 55.0 Å². The predicted molar refractivity (Wildman–Crippen MR) is 170 cm³/mol. The molecule has 0 bridgehead atoms. The number of hydrogen-bond acceptors (Lipinski definition) is 10. The number of alkyl halides is 13. The number of carboxylic acid groups (broad SMARTS) is 4. The molecule has 0 unspecified atom stereocenters. The first-order chi connectivity index (χ1) is 27.3. The topological polar surface area (TPSA) is 234 Å². The number of hydrogen-bond donors (Lipinski definition) is 6. The molecule has 60 heavy (non-hydrogen) atoms. The van der Waals surface area contributed by atoms with Crippen molar-refractivity contribution in [2.75, 3.05) is 23.3 Å². The first-order valence-electron chi connectivity index (χ1n) is 15.1. The molecule has 4 aromatic rings. The largest absolute Gasteiger partial charge is 0.490 e. The number of nitrogens with one attached hydrogen (secondary N) is 1. The summed E-state index contributed by atoms with van der Waals surface area (Å²) in [6, 6.07) is 8.14. The van der Waals surface area contributed by atoms with Crippen molar-refractivity contribution in [1.29, 1.82) is 0 Å². The summed E-state index contributed by atoms with van der Waals surface area (Å²) in [7, 11) is 0. The Morgan fingerprint density at radius 3 is 1.58 bits per heavy atom. The first kappa shape index (κ1) is 51.4. The summed E-state index contributed by atoms with van der Waals surface area (Å²) in [6.07, 6.45) is -16.1. The zero-order valence-electron chi connectivity index (χ0n) is 28.9. The minimum Gasteiger partial charge on any atom is -0.475 e. The third-order valence-corrected chi connectivity index (χ3v) is 6.53. The van der Waals surface area contributed by atoms with Crippen molar-refractivity contribution in [1.82, 2.24) is 19.6 Å². The Bertz CT molecular complexity index is 1980. The quantitative estimate of drug-likeness (QED) is 0.125. The van der Waals surface area contributed by atoms with Crippen LogP contribution in [-0.4, -0.2) is 114 Å². The SMILES string of the molecule is N[C@@H]1CN(c2ccncc2Nc2ncc3ccc(-c4c(F)cccc4F)nn23)CC[C@H]1F.O=C(O)C(F)(F)F.O=C(O)C(F)(F)F.O=C(O)C(F)(F)F.O=C(O)C(F)(F)F. The van der Waals surface area contributed by atoms with Gasteiger partial charge in [0.25, 0.3) is 0 Å². The Balaban J connectivity index is 0.000000522. The Morgan fingerprint density at radius 1 is 0.717 bits per heavy atom. The number of nitrogens with two attached hydrogens (primary N) is 1. The zero-order valence-corrected chi connectivity index (χ0v) is 28.9. The van der Waals surface area contributed by atoms with Crippen molar-refractivity contribution in [2.24, 2.45) is 5.73 Å². The zero-order chi connectivity index (χ0) is 46.6. The Labute approximate surface area is 322 Å². The lowest BCUT2D eigenvalue weighted by molar-refractivity contribution is -0.193. The maximum atomic E-state index is 14.3. The minimum atomic E-state index is -5.08. The fraction of sp³-hybridized carbons (Fsp3) is 0.300. The van der Waals surface area contributed by atoms with E-state index in [1.54, 1.807) is 30.7 Å². The average Bonchev–Trinajstić information content (AvgIpc) is 3.51. The van der Waals surface area contributed by atoms with Gasteiger partial charge in [-0.15, -0.1) is 0 Å². The number of aromatic nitrogens is 4. The van der Waals surface area contributed by atoms with E-state index in [-0.39, 0.29) is 11.3 Å². The number of halogens is 15. The fourth-order valence-corrected chi connectivity index (χ4v) is 3.90. The molecule has 5 rings (SSSR count).